The molecule has 5 heteroatoms. The minimum absolute atomic E-state index is 0.227. The fraction of sp³-hybridized carbons (Fsp3) is 0.100. The van der Waals surface area contributed by atoms with Gasteiger partial charge in [0.25, 0.3) is 5.91 Å². The quantitative estimate of drug-likeness (QED) is 0.789. The molecule has 2 rings (SSSR count). The third kappa shape index (κ3) is 2.19. The lowest BCUT2D eigenvalue weighted by molar-refractivity contribution is 0.100. The zero-order valence-corrected chi connectivity index (χ0v) is 8.21. The Bertz CT molecular complexity index is 464. The van der Waals surface area contributed by atoms with Gasteiger partial charge in [-0.1, -0.05) is 22.6 Å². The summed E-state index contributed by atoms with van der Waals surface area (Å²) in [5, 5.41) is 7.56. The van der Waals surface area contributed by atoms with Crippen molar-refractivity contribution in [1.29, 1.82) is 0 Å². The molecule has 0 radical (unpaired) electrons. The number of aromatic nitrogens is 3. The first kappa shape index (κ1) is 9.39. The largest absolute Gasteiger partial charge is 0.272 e. The van der Waals surface area contributed by atoms with E-state index in [-0.39, 0.29) is 5.91 Å². The van der Waals surface area contributed by atoms with Crippen LogP contribution in [0, 0.1) is 6.92 Å². The topological polar surface area (TPSA) is 59.8 Å². The molecule has 1 heterocycles. The number of benzene rings is 1. The Labute approximate surface area is 86.7 Å². The first-order valence-corrected chi connectivity index (χ1v) is 4.50. The third-order valence-corrected chi connectivity index (χ3v) is 1.90. The summed E-state index contributed by atoms with van der Waals surface area (Å²) in [6.45, 7) is 1.93. The smallest absolute Gasteiger partial charge is 0.267 e. The highest BCUT2D eigenvalue weighted by molar-refractivity contribution is 5.99. The Kier molecular flexibility index (Phi) is 2.45. The molecule has 0 aliphatic carbocycles. The van der Waals surface area contributed by atoms with E-state index in [9.17, 15) is 4.79 Å². The number of nitrogens with zero attached hydrogens (tertiary/aromatic N) is 3. The highest BCUT2D eigenvalue weighted by atomic mass is 16.2. The second-order valence-corrected chi connectivity index (χ2v) is 3.13. The van der Waals surface area contributed by atoms with Crippen molar-refractivity contribution in [2.45, 2.75) is 6.92 Å². The van der Waals surface area contributed by atoms with Crippen molar-refractivity contribution in [3.63, 3.8) is 0 Å². The van der Waals surface area contributed by atoms with Gasteiger partial charge in [0, 0.05) is 5.56 Å². The first-order chi connectivity index (χ1) is 7.25. The molecule has 0 spiro atoms. The maximum absolute atomic E-state index is 11.7. The van der Waals surface area contributed by atoms with E-state index in [0.717, 1.165) is 10.5 Å². The molecule has 0 aliphatic rings. The maximum Gasteiger partial charge on any atom is 0.272 e. The predicted molar refractivity (Wildman–Crippen MR) is 54.9 cm³/mol. The molecular formula is C10H10N4O. The maximum atomic E-state index is 11.7. The molecule has 1 aromatic heterocycles. The van der Waals surface area contributed by atoms with Crippen LogP contribution in [0.2, 0.25) is 0 Å². The van der Waals surface area contributed by atoms with Crippen molar-refractivity contribution >= 4 is 5.91 Å². The van der Waals surface area contributed by atoms with Crippen LogP contribution in [0.5, 0.6) is 0 Å². The minimum atomic E-state index is -0.227. The third-order valence-electron chi connectivity index (χ3n) is 1.90. The van der Waals surface area contributed by atoms with Crippen molar-refractivity contribution in [2.75, 3.05) is 5.43 Å². The summed E-state index contributed by atoms with van der Waals surface area (Å²) in [7, 11) is 0. The van der Waals surface area contributed by atoms with Crippen molar-refractivity contribution in [3.05, 3.63) is 47.8 Å². The van der Waals surface area contributed by atoms with Crippen LogP contribution in [-0.4, -0.2) is 21.0 Å². The lowest BCUT2D eigenvalue weighted by Crippen LogP contribution is -2.24. The number of hydrogen-bond donors (Lipinski definition) is 1. The fourth-order valence-electron chi connectivity index (χ4n) is 1.22. The summed E-state index contributed by atoms with van der Waals surface area (Å²) in [4.78, 5) is 12.8. The molecule has 0 saturated carbocycles. The van der Waals surface area contributed by atoms with Crippen LogP contribution in [0.3, 0.4) is 0 Å². The van der Waals surface area contributed by atoms with E-state index in [1.54, 1.807) is 12.1 Å². The molecule has 76 valence electrons. The van der Waals surface area contributed by atoms with Crippen LogP contribution in [0.25, 0.3) is 0 Å². The summed E-state index contributed by atoms with van der Waals surface area (Å²) < 4.78 is 0. The number of carbonyl (C=O) groups is 1. The standard InChI is InChI=1S/C10H10N4O/c1-8-3-2-4-9(7-8)10(15)13-14-11-5-6-12-14/h2-7H,1H3,(H,13,15). The van der Waals surface area contributed by atoms with E-state index in [4.69, 9.17) is 0 Å². The minimum Gasteiger partial charge on any atom is -0.267 e. The van der Waals surface area contributed by atoms with E-state index in [2.05, 4.69) is 15.6 Å². The highest BCUT2D eigenvalue weighted by Gasteiger charge is 2.05. The molecule has 0 unspecified atom stereocenters. The van der Waals surface area contributed by atoms with Crippen LogP contribution in [0.15, 0.2) is 36.7 Å². The zero-order chi connectivity index (χ0) is 10.7. The molecular weight excluding hydrogens is 192 g/mol. The molecule has 0 atom stereocenters. The van der Waals surface area contributed by atoms with Crippen molar-refractivity contribution in [3.8, 4) is 0 Å². The van der Waals surface area contributed by atoms with Crippen LogP contribution in [0.1, 0.15) is 15.9 Å². The van der Waals surface area contributed by atoms with E-state index in [1.807, 2.05) is 19.1 Å². The lowest BCUT2D eigenvalue weighted by Gasteiger charge is -2.03. The Balaban J connectivity index is 2.15. The molecule has 15 heavy (non-hydrogen) atoms. The van der Waals surface area contributed by atoms with Gasteiger partial charge in [-0.25, -0.2) is 5.43 Å². The number of nitrogens with one attached hydrogen (secondary N) is 1. The molecule has 0 aliphatic heterocycles. The van der Waals surface area contributed by atoms with E-state index in [1.165, 1.54) is 12.4 Å². The van der Waals surface area contributed by atoms with Gasteiger partial charge in [0.05, 0.1) is 12.4 Å². The van der Waals surface area contributed by atoms with Gasteiger partial charge in [0.15, 0.2) is 0 Å². The second kappa shape index (κ2) is 3.91. The Morgan fingerprint density at radius 2 is 2.07 bits per heavy atom. The fourth-order valence-corrected chi connectivity index (χ4v) is 1.22. The number of rotatable bonds is 2. The summed E-state index contributed by atoms with van der Waals surface area (Å²) in [6, 6.07) is 7.31. The summed E-state index contributed by atoms with van der Waals surface area (Å²) in [6.07, 6.45) is 2.99. The second-order valence-electron chi connectivity index (χ2n) is 3.13. The van der Waals surface area contributed by atoms with Gasteiger partial charge in [0.1, 0.15) is 0 Å². The molecule has 0 saturated heterocycles. The molecule has 2 aromatic rings. The Morgan fingerprint density at radius 3 is 2.73 bits per heavy atom. The van der Waals surface area contributed by atoms with Gasteiger partial charge in [-0.2, -0.15) is 0 Å². The summed E-state index contributed by atoms with van der Waals surface area (Å²) in [5.41, 5.74) is 4.15. The first-order valence-electron chi connectivity index (χ1n) is 4.50. The normalized spacial score (nSPS) is 9.93. The van der Waals surface area contributed by atoms with E-state index in [0.29, 0.717) is 5.56 Å². The molecule has 5 nitrogen and oxygen atoms in total. The van der Waals surface area contributed by atoms with Gasteiger partial charge in [-0.05, 0) is 19.1 Å². The van der Waals surface area contributed by atoms with Crippen LogP contribution >= 0.6 is 0 Å². The van der Waals surface area contributed by atoms with Gasteiger partial charge < -0.3 is 0 Å². The Morgan fingerprint density at radius 1 is 1.33 bits per heavy atom. The van der Waals surface area contributed by atoms with E-state index < -0.39 is 0 Å². The molecule has 0 fully saturated rings. The number of carbonyl (C=O) groups excluding carboxylic acids is 1. The van der Waals surface area contributed by atoms with Crippen molar-refractivity contribution < 1.29 is 4.79 Å². The average molecular weight is 202 g/mol. The molecule has 1 amide bonds. The van der Waals surface area contributed by atoms with Crippen LogP contribution in [0.4, 0.5) is 0 Å². The molecule has 1 N–H and O–H groups in total. The molecule has 0 bridgehead atoms. The number of hydrogen-bond acceptors (Lipinski definition) is 3. The lowest BCUT2D eigenvalue weighted by atomic mass is 10.1. The SMILES string of the molecule is Cc1cccc(C(=O)Nn2nccn2)c1. The van der Waals surface area contributed by atoms with Crippen molar-refractivity contribution in [1.82, 2.24) is 15.1 Å². The van der Waals surface area contributed by atoms with Gasteiger partial charge in [-0.3, -0.25) is 4.79 Å². The van der Waals surface area contributed by atoms with Crippen molar-refractivity contribution in [2.24, 2.45) is 0 Å². The summed E-state index contributed by atoms with van der Waals surface area (Å²) >= 11 is 0. The van der Waals surface area contributed by atoms with Gasteiger partial charge in [0.2, 0.25) is 0 Å². The number of aryl methyl sites for hydroxylation is 1. The van der Waals surface area contributed by atoms with Gasteiger partial charge in [-0.15, -0.1) is 10.2 Å². The molecule has 1 aromatic carbocycles. The monoisotopic (exact) mass is 202 g/mol. The van der Waals surface area contributed by atoms with Gasteiger partial charge >= 0.3 is 0 Å². The summed E-state index contributed by atoms with van der Waals surface area (Å²) in [5.74, 6) is -0.227. The Hall–Kier alpha value is -2.17. The predicted octanol–water partition coefficient (Wildman–Crippen LogP) is 0.970. The average Bonchev–Trinajstić information content (AvgIpc) is 2.70. The van der Waals surface area contributed by atoms with Crippen LogP contribution in [-0.2, 0) is 0 Å². The zero-order valence-electron chi connectivity index (χ0n) is 8.21. The number of amides is 1. The highest BCUT2D eigenvalue weighted by Crippen LogP contribution is 2.03. The van der Waals surface area contributed by atoms with E-state index >= 15 is 0 Å². The van der Waals surface area contributed by atoms with Crippen LogP contribution < -0.4 is 5.43 Å².